The highest BCUT2D eigenvalue weighted by Crippen LogP contribution is 2.27. The van der Waals surface area contributed by atoms with Gasteiger partial charge in [-0.3, -0.25) is 0 Å². The lowest BCUT2D eigenvalue weighted by molar-refractivity contribution is 0.445. The van der Waals surface area contributed by atoms with Crippen molar-refractivity contribution < 1.29 is 0 Å². The van der Waals surface area contributed by atoms with Gasteiger partial charge in [-0.05, 0) is 25.7 Å². The maximum absolute atomic E-state index is 4.65. The summed E-state index contributed by atoms with van der Waals surface area (Å²) >= 11 is 0. The molecular weight excluding hydrogens is 240 g/mol. The number of nitrogens with one attached hydrogen (secondary N) is 2. The summed E-state index contributed by atoms with van der Waals surface area (Å²) in [6.07, 6.45) is 4.21. The lowest BCUT2D eigenvalue weighted by Crippen LogP contribution is -2.35. The monoisotopic (exact) mass is 260 g/mol. The van der Waals surface area contributed by atoms with E-state index in [2.05, 4.69) is 37.1 Å². The fourth-order valence-electron chi connectivity index (χ4n) is 2.67. The molecule has 0 aliphatic carbocycles. The van der Waals surface area contributed by atoms with Crippen molar-refractivity contribution >= 4 is 22.9 Å². The van der Waals surface area contributed by atoms with Crippen LogP contribution in [0.3, 0.4) is 0 Å². The van der Waals surface area contributed by atoms with Gasteiger partial charge in [-0.15, -0.1) is 0 Å². The van der Waals surface area contributed by atoms with Crippen LogP contribution in [-0.4, -0.2) is 39.6 Å². The second kappa shape index (κ2) is 5.03. The van der Waals surface area contributed by atoms with Gasteiger partial charge in [0, 0.05) is 19.6 Å². The Morgan fingerprint density at radius 3 is 3.16 bits per heavy atom. The Bertz CT molecular complexity index is 563. The lowest BCUT2D eigenvalue weighted by atomic mass is 10.0. The van der Waals surface area contributed by atoms with Crippen molar-refractivity contribution in [2.75, 3.05) is 29.9 Å². The normalized spacial score (nSPS) is 19.9. The summed E-state index contributed by atoms with van der Waals surface area (Å²) in [5.74, 6) is 2.35. The minimum Gasteiger partial charge on any atom is -0.354 e. The molecule has 6 nitrogen and oxygen atoms in total. The smallest absolute Gasteiger partial charge is 0.226 e. The molecule has 0 saturated carbocycles. The average molecular weight is 260 g/mol. The van der Waals surface area contributed by atoms with E-state index >= 15 is 0 Å². The first-order chi connectivity index (χ1) is 9.28. The van der Waals surface area contributed by atoms with Crippen molar-refractivity contribution in [2.45, 2.75) is 26.7 Å². The maximum Gasteiger partial charge on any atom is 0.226 e. The van der Waals surface area contributed by atoms with Crippen LogP contribution in [0.2, 0.25) is 0 Å². The zero-order valence-corrected chi connectivity index (χ0v) is 11.5. The highest BCUT2D eigenvalue weighted by atomic mass is 15.3. The molecule has 1 fully saturated rings. The first kappa shape index (κ1) is 12.2. The van der Waals surface area contributed by atoms with Crippen molar-refractivity contribution in [3.8, 4) is 0 Å². The van der Waals surface area contributed by atoms with Crippen LogP contribution in [0.5, 0.6) is 0 Å². The van der Waals surface area contributed by atoms with Crippen molar-refractivity contribution in [3.63, 3.8) is 0 Å². The quantitative estimate of drug-likeness (QED) is 0.883. The van der Waals surface area contributed by atoms with Gasteiger partial charge < -0.3 is 15.2 Å². The number of fused-ring (bicyclic) bond motifs is 1. The SMILES string of the molecule is CCNc1nc(N2CCCC(C)C2)c2[nH]cnc2n1. The van der Waals surface area contributed by atoms with Gasteiger partial charge in [0.2, 0.25) is 5.95 Å². The maximum atomic E-state index is 4.65. The van der Waals surface area contributed by atoms with Crippen LogP contribution in [-0.2, 0) is 0 Å². The fraction of sp³-hybridized carbons (Fsp3) is 0.615. The molecule has 1 aliphatic rings. The molecular formula is C13H20N6. The Morgan fingerprint density at radius 2 is 2.37 bits per heavy atom. The van der Waals surface area contributed by atoms with Gasteiger partial charge in [-0.2, -0.15) is 9.97 Å². The molecule has 102 valence electrons. The van der Waals surface area contributed by atoms with E-state index in [1.54, 1.807) is 6.33 Å². The molecule has 0 radical (unpaired) electrons. The predicted octanol–water partition coefficient (Wildman–Crippen LogP) is 2.02. The average Bonchev–Trinajstić information content (AvgIpc) is 2.86. The van der Waals surface area contributed by atoms with Crippen LogP contribution >= 0.6 is 0 Å². The Hall–Kier alpha value is -1.85. The summed E-state index contributed by atoms with van der Waals surface area (Å²) in [6.45, 7) is 7.26. The second-order valence-corrected chi connectivity index (χ2v) is 5.20. The standard InChI is InChI=1S/C13H20N6/c1-3-14-13-17-11-10(15-8-16-11)12(18-13)19-6-4-5-9(2)7-19/h8-9H,3-7H2,1-2H3,(H2,14,15,16,17,18). The number of rotatable bonds is 3. The summed E-state index contributed by atoms with van der Waals surface area (Å²) in [5.41, 5.74) is 1.68. The molecule has 0 aromatic carbocycles. The van der Waals surface area contributed by atoms with Gasteiger partial charge in [-0.1, -0.05) is 6.92 Å². The molecule has 1 aliphatic heterocycles. The Morgan fingerprint density at radius 1 is 1.47 bits per heavy atom. The molecule has 2 aromatic heterocycles. The number of hydrogen-bond acceptors (Lipinski definition) is 5. The second-order valence-electron chi connectivity index (χ2n) is 5.20. The molecule has 1 unspecified atom stereocenters. The molecule has 19 heavy (non-hydrogen) atoms. The van der Waals surface area contributed by atoms with E-state index in [4.69, 9.17) is 0 Å². The molecule has 1 saturated heterocycles. The third-order valence-corrected chi connectivity index (χ3v) is 3.56. The fourth-order valence-corrected chi connectivity index (χ4v) is 2.67. The number of nitrogens with zero attached hydrogens (tertiary/aromatic N) is 4. The largest absolute Gasteiger partial charge is 0.354 e. The van der Waals surface area contributed by atoms with Crippen LogP contribution < -0.4 is 10.2 Å². The van der Waals surface area contributed by atoms with E-state index in [0.29, 0.717) is 11.9 Å². The van der Waals surface area contributed by atoms with Gasteiger partial charge in [0.1, 0.15) is 5.52 Å². The highest BCUT2D eigenvalue weighted by molar-refractivity contribution is 5.84. The molecule has 6 heteroatoms. The van der Waals surface area contributed by atoms with E-state index in [9.17, 15) is 0 Å². The van der Waals surface area contributed by atoms with Gasteiger partial charge in [0.05, 0.1) is 6.33 Å². The number of piperidine rings is 1. The van der Waals surface area contributed by atoms with E-state index in [1.165, 1.54) is 12.8 Å². The molecule has 3 rings (SSSR count). The predicted molar refractivity (Wildman–Crippen MR) is 76.5 cm³/mol. The van der Waals surface area contributed by atoms with Gasteiger partial charge >= 0.3 is 0 Å². The van der Waals surface area contributed by atoms with E-state index in [0.717, 1.165) is 36.6 Å². The third kappa shape index (κ3) is 2.34. The van der Waals surface area contributed by atoms with E-state index in [1.807, 2.05) is 6.92 Å². The summed E-state index contributed by atoms with van der Waals surface area (Å²) < 4.78 is 0. The van der Waals surface area contributed by atoms with Crippen LogP contribution in [0, 0.1) is 5.92 Å². The van der Waals surface area contributed by atoms with Crippen molar-refractivity contribution in [2.24, 2.45) is 5.92 Å². The molecule has 0 spiro atoms. The Labute approximate surface area is 112 Å². The topological polar surface area (TPSA) is 69.7 Å². The van der Waals surface area contributed by atoms with Crippen molar-refractivity contribution in [1.82, 2.24) is 19.9 Å². The summed E-state index contributed by atoms with van der Waals surface area (Å²) in [6, 6.07) is 0. The number of aromatic nitrogens is 4. The number of H-pyrrole nitrogens is 1. The van der Waals surface area contributed by atoms with Gasteiger partial charge in [0.15, 0.2) is 11.5 Å². The van der Waals surface area contributed by atoms with Crippen LogP contribution in [0.25, 0.3) is 11.2 Å². The van der Waals surface area contributed by atoms with E-state index < -0.39 is 0 Å². The molecule has 2 aromatic rings. The first-order valence-corrected chi connectivity index (χ1v) is 6.98. The van der Waals surface area contributed by atoms with Crippen LogP contribution in [0.1, 0.15) is 26.7 Å². The Kier molecular flexibility index (Phi) is 3.23. The third-order valence-electron chi connectivity index (χ3n) is 3.56. The Balaban J connectivity index is 2.02. The molecule has 1 atom stereocenters. The summed E-state index contributed by atoms with van der Waals surface area (Å²) in [4.78, 5) is 18.8. The van der Waals surface area contributed by atoms with Gasteiger partial charge in [-0.25, -0.2) is 4.98 Å². The number of anilines is 2. The minimum atomic E-state index is 0.662. The number of hydrogen-bond donors (Lipinski definition) is 2. The highest BCUT2D eigenvalue weighted by Gasteiger charge is 2.21. The van der Waals surface area contributed by atoms with E-state index in [-0.39, 0.29) is 0 Å². The first-order valence-electron chi connectivity index (χ1n) is 6.98. The molecule has 0 amide bonds. The van der Waals surface area contributed by atoms with Crippen LogP contribution in [0.4, 0.5) is 11.8 Å². The summed E-state index contributed by atoms with van der Waals surface area (Å²) in [5, 5.41) is 3.18. The number of aromatic amines is 1. The lowest BCUT2D eigenvalue weighted by Gasteiger charge is -2.32. The van der Waals surface area contributed by atoms with Crippen molar-refractivity contribution in [1.29, 1.82) is 0 Å². The van der Waals surface area contributed by atoms with Crippen molar-refractivity contribution in [3.05, 3.63) is 6.33 Å². The summed E-state index contributed by atoms with van der Waals surface area (Å²) in [7, 11) is 0. The molecule has 0 bridgehead atoms. The number of imidazole rings is 1. The minimum absolute atomic E-state index is 0.662. The zero-order valence-electron chi connectivity index (χ0n) is 11.5. The molecule has 2 N–H and O–H groups in total. The van der Waals surface area contributed by atoms with Crippen LogP contribution in [0.15, 0.2) is 6.33 Å². The molecule has 3 heterocycles. The van der Waals surface area contributed by atoms with Gasteiger partial charge in [0.25, 0.3) is 0 Å². The zero-order chi connectivity index (χ0) is 13.2.